The van der Waals surface area contributed by atoms with E-state index >= 15 is 0 Å². The highest BCUT2D eigenvalue weighted by molar-refractivity contribution is 7.09. The molecule has 0 aliphatic carbocycles. The number of amides is 1. The van der Waals surface area contributed by atoms with E-state index in [9.17, 15) is 4.79 Å². The van der Waals surface area contributed by atoms with Crippen LogP contribution in [0.3, 0.4) is 0 Å². The van der Waals surface area contributed by atoms with Crippen molar-refractivity contribution >= 4 is 28.3 Å². The second-order valence-corrected chi connectivity index (χ2v) is 8.09. The van der Waals surface area contributed by atoms with Gasteiger partial charge in [-0.2, -0.15) is 5.10 Å². The van der Waals surface area contributed by atoms with Crippen LogP contribution in [0.25, 0.3) is 11.0 Å². The van der Waals surface area contributed by atoms with Gasteiger partial charge in [0.25, 0.3) is 5.91 Å². The van der Waals surface area contributed by atoms with Crippen LogP contribution in [0, 0.1) is 6.92 Å². The number of rotatable bonds is 5. The number of thiophene rings is 1. The fourth-order valence-corrected chi connectivity index (χ4v) is 4.26. The average Bonchev–Trinajstić information content (AvgIpc) is 3.42. The highest BCUT2D eigenvalue weighted by Crippen LogP contribution is 2.33. The van der Waals surface area contributed by atoms with Gasteiger partial charge in [-0.05, 0) is 30.5 Å². The van der Waals surface area contributed by atoms with Gasteiger partial charge < -0.3 is 14.8 Å². The maximum absolute atomic E-state index is 13.0. The molecule has 1 aliphatic heterocycles. The third-order valence-corrected chi connectivity index (χ3v) is 5.82. The van der Waals surface area contributed by atoms with E-state index in [1.807, 2.05) is 41.3 Å². The molecule has 0 saturated heterocycles. The fraction of sp³-hybridized carbons (Fsp3) is 0.227. The molecule has 0 atom stereocenters. The Bertz CT molecular complexity index is 1220. The summed E-state index contributed by atoms with van der Waals surface area (Å²) in [6.45, 7) is 3.90. The molecule has 7 nitrogen and oxygen atoms in total. The minimum Gasteiger partial charge on any atom is -0.486 e. The van der Waals surface area contributed by atoms with E-state index in [0.29, 0.717) is 49.0 Å². The van der Waals surface area contributed by atoms with Crippen molar-refractivity contribution < 1.29 is 14.3 Å². The van der Waals surface area contributed by atoms with Gasteiger partial charge in [-0.15, -0.1) is 11.3 Å². The smallest absolute Gasteiger partial charge is 0.252 e. The third-order valence-electron chi connectivity index (χ3n) is 4.95. The van der Waals surface area contributed by atoms with Gasteiger partial charge in [0.05, 0.1) is 23.7 Å². The maximum atomic E-state index is 13.0. The fourth-order valence-electron chi connectivity index (χ4n) is 3.57. The summed E-state index contributed by atoms with van der Waals surface area (Å²) < 4.78 is 13.2. The minimum atomic E-state index is -0.171. The van der Waals surface area contributed by atoms with Gasteiger partial charge in [0.15, 0.2) is 17.1 Å². The molecule has 0 radical (unpaired) electrons. The highest BCUT2D eigenvalue weighted by atomic mass is 32.1. The summed E-state index contributed by atoms with van der Waals surface area (Å²) in [6, 6.07) is 11.6. The predicted octanol–water partition coefficient (Wildman–Crippen LogP) is 3.55. The number of aryl methyl sites for hydroxylation is 1. The molecular weight excluding hydrogens is 400 g/mol. The van der Waals surface area contributed by atoms with E-state index in [4.69, 9.17) is 9.47 Å². The van der Waals surface area contributed by atoms with Gasteiger partial charge in [0.2, 0.25) is 0 Å². The van der Waals surface area contributed by atoms with Gasteiger partial charge in [0.1, 0.15) is 13.2 Å². The van der Waals surface area contributed by atoms with Crippen LogP contribution < -0.4 is 14.8 Å². The lowest BCUT2D eigenvalue weighted by Gasteiger charge is -2.21. The zero-order valence-corrected chi connectivity index (χ0v) is 17.2. The monoisotopic (exact) mass is 420 g/mol. The van der Waals surface area contributed by atoms with Crippen LogP contribution in [0.2, 0.25) is 0 Å². The molecule has 4 heterocycles. The van der Waals surface area contributed by atoms with E-state index in [1.165, 1.54) is 4.88 Å². The van der Waals surface area contributed by atoms with Gasteiger partial charge >= 0.3 is 0 Å². The lowest BCUT2D eigenvalue weighted by Crippen LogP contribution is -2.24. The third kappa shape index (κ3) is 3.50. The van der Waals surface area contributed by atoms with Gasteiger partial charge in [-0.1, -0.05) is 18.2 Å². The summed E-state index contributed by atoms with van der Waals surface area (Å²) in [5.41, 5.74) is 2.93. The van der Waals surface area contributed by atoms with Crippen LogP contribution in [-0.4, -0.2) is 33.9 Å². The average molecular weight is 420 g/mol. The molecule has 8 heteroatoms. The Morgan fingerprint density at radius 1 is 1.23 bits per heavy atom. The Morgan fingerprint density at radius 2 is 2.13 bits per heavy atom. The first-order valence-corrected chi connectivity index (χ1v) is 10.6. The quantitative estimate of drug-likeness (QED) is 0.534. The number of hydrogen-bond acceptors (Lipinski definition) is 6. The number of hydrogen-bond donors (Lipinski definition) is 1. The number of nitrogens with zero attached hydrogens (tertiary/aromatic N) is 3. The van der Waals surface area contributed by atoms with Crippen molar-refractivity contribution in [2.24, 2.45) is 0 Å². The normalized spacial score (nSPS) is 12.8. The van der Waals surface area contributed by atoms with Crippen molar-refractivity contribution in [3.05, 3.63) is 69.7 Å². The van der Waals surface area contributed by atoms with Crippen molar-refractivity contribution in [3.63, 3.8) is 0 Å². The van der Waals surface area contributed by atoms with Gasteiger partial charge in [-0.25, -0.2) is 9.67 Å². The highest BCUT2D eigenvalue weighted by Gasteiger charge is 2.19. The molecule has 3 aromatic heterocycles. The van der Waals surface area contributed by atoms with Crippen LogP contribution in [-0.2, 0) is 13.1 Å². The number of ether oxygens (including phenoxy) is 2. The zero-order valence-electron chi connectivity index (χ0n) is 16.4. The van der Waals surface area contributed by atoms with E-state index < -0.39 is 0 Å². The number of carbonyl (C=O) groups excluding carboxylic acids is 1. The summed E-state index contributed by atoms with van der Waals surface area (Å²) in [5.74, 6) is 1.24. The maximum Gasteiger partial charge on any atom is 0.252 e. The Kier molecular flexibility index (Phi) is 4.84. The minimum absolute atomic E-state index is 0.171. The summed E-state index contributed by atoms with van der Waals surface area (Å²) in [4.78, 5) is 18.8. The van der Waals surface area contributed by atoms with Crippen molar-refractivity contribution in [2.45, 2.75) is 20.0 Å². The number of benzene rings is 1. The van der Waals surface area contributed by atoms with Gasteiger partial charge in [-0.3, -0.25) is 4.79 Å². The molecule has 152 valence electrons. The molecule has 0 bridgehead atoms. The van der Waals surface area contributed by atoms with Crippen molar-refractivity contribution in [1.82, 2.24) is 20.1 Å². The first-order chi connectivity index (χ1) is 14.7. The molecule has 0 spiro atoms. The molecule has 1 amide bonds. The predicted molar refractivity (Wildman–Crippen MR) is 114 cm³/mol. The second-order valence-electron chi connectivity index (χ2n) is 7.05. The van der Waals surface area contributed by atoms with Crippen molar-refractivity contribution in [3.8, 4) is 11.5 Å². The SMILES string of the molecule is Cc1cc(C(=O)NCc2cccc3c2OCCO3)c2cnn(Cc3cccs3)c2n1. The van der Waals surface area contributed by atoms with E-state index in [1.54, 1.807) is 23.6 Å². The summed E-state index contributed by atoms with van der Waals surface area (Å²) >= 11 is 1.67. The second kappa shape index (κ2) is 7.79. The molecule has 1 aliphatic rings. The molecule has 1 N–H and O–H groups in total. The molecule has 5 rings (SSSR count). The molecule has 0 unspecified atom stereocenters. The van der Waals surface area contributed by atoms with Crippen LogP contribution in [0.5, 0.6) is 11.5 Å². The number of aromatic nitrogens is 3. The van der Waals surface area contributed by atoms with Crippen LogP contribution in [0.15, 0.2) is 48.0 Å². The lowest BCUT2D eigenvalue weighted by atomic mass is 10.1. The zero-order chi connectivity index (χ0) is 20.5. The Hall–Kier alpha value is -3.39. The first kappa shape index (κ1) is 18.6. The van der Waals surface area contributed by atoms with Gasteiger partial charge in [0, 0.05) is 22.7 Å². The van der Waals surface area contributed by atoms with E-state index in [-0.39, 0.29) is 5.91 Å². The number of para-hydroxylation sites is 1. The molecule has 1 aromatic carbocycles. The van der Waals surface area contributed by atoms with E-state index in [0.717, 1.165) is 16.6 Å². The molecule has 4 aromatic rings. The van der Waals surface area contributed by atoms with Crippen molar-refractivity contribution in [2.75, 3.05) is 13.2 Å². The molecular formula is C22H20N4O3S. The number of pyridine rings is 1. The molecule has 0 fully saturated rings. The lowest BCUT2D eigenvalue weighted by molar-refractivity contribution is 0.0951. The number of fused-ring (bicyclic) bond motifs is 2. The van der Waals surface area contributed by atoms with Crippen molar-refractivity contribution in [1.29, 1.82) is 0 Å². The first-order valence-electron chi connectivity index (χ1n) is 9.70. The van der Waals surface area contributed by atoms with Crippen LogP contribution in [0.1, 0.15) is 26.5 Å². The van der Waals surface area contributed by atoms with E-state index in [2.05, 4.69) is 21.5 Å². The summed E-state index contributed by atoms with van der Waals surface area (Å²) in [7, 11) is 0. The summed E-state index contributed by atoms with van der Waals surface area (Å²) in [5, 5.41) is 10.3. The van der Waals surface area contributed by atoms with Crippen LogP contribution in [0.4, 0.5) is 0 Å². The largest absolute Gasteiger partial charge is 0.486 e. The Labute approximate surface area is 177 Å². The Morgan fingerprint density at radius 3 is 3.00 bits per heavy atom. The molecule has 0 saturated carbocycles. The topological polar surface area (TPSA) is 78.3 Å². The molecule has 30 heavy (non-hydrogen) atoms. The standard InChI is InChI=1S/C22H20N4O3S/c1-14-10-17(18-12-24-26(21(18)25-14)13-16-5-3-9-30-16)22(27)23-11-15-4-2-6-19-20(15)29-8-7-28-19/h2-6,9-10,12H,7-8,11,13H2,1H3,(H,23,27). The van der Waals surface area contributed by atoms with Crippen LogP contribution >= 0.6 is 11.3 Å². The number of carbonyl (C=O) groups is 1. The Balaban J connectivity index is 1.41. The number of nitrogens with one attached hydrogen (secondary N) is 1. The summed E-state index contributed by atoms with van der Waals surface area (Å²) in [6.07, 6.45) is 1.71.